The van der Waals surface area contributed by atoms with E-state index >= 15 is 0 Å². The topological polar surface area (TPSA) is 41.6 Å². The summed E-state index contributed by atoms with van der Waals surface area (Å²) in [6.07, 6.45) is 9.32. The van der Waals surface area contributed by atoms with Crippen molar-refractivity contribution in [2.24, 2.45) is 5.92 Å². The molecule has 4 nitrogen and oxygen atoms in total. The predicted molar refractivity (Wildman–Crippen MR) is 92.5 cm³/mol. The Labute approximate surface area is 141 Å². The zero-order chi connectivity index (χ0) is 15.1. The molecule has 1 saturated heterocycles. The highest BCUT2D eigenvalue weighted by atomic mass is 35.5. The quantitative estimate of drug-likeness (QED) is 0.813. The summed E-state index contributed by atoms with van der Waals surface area (Å²) in [5, 5.41) is 3.24. The zero-order valence-corrected chi connectivity index (χ0v) is 15.0. The highest BCUT2D eigenvalue weighted by molar-refractivity contribution is 5.85. The molecule has 1 N–H and O–H groups in total. The molecular formula is C17H33ClN2O2. The van der Waals surface area contributed by atoms with E-state index in [9.17, 15) is 4.79 Å². The zero-order valence-electron chi connectivity index (χ0n) is 14.2. The summed E-state index contributed by atoms with van der Waals surface area (Å²) < 4.78 is 6.14. The van der Waals surface area contributed by atoms with Crippen molar-refractivity contribution in [3.05, 3.63) is 0 Å². The lowest BCUT2D eigenvalue weighted by Crippen LogP contribution is -2.48. The van der Waals surface area contributed by atoms with E-state index in [-0.39, 0.29) is 24.4 Å². The lowest BCUT2D eigenvalue weighted by molar-refractivity contribution is -0.151. The Morgan fingerprint density at radius 2 is 1.95 bits per heavy atom. The molecule has 2 atom stereocenters. The number of likely N-dealkylation sites (tertiary alicyclic amines) is 1. The number of rotatable bonds is 6. The van der Waals surface area contributed by atoms with Gasteiger partial charge in [0.05, 0.1) is 6.10 Å². The van der Waals surface area contributed by atoms with Gasteiger partial charge in [-0.2, -0.15) is 0 Å². The van der Waals surface area contributed by atoms with E-state index in [1.54, 1.807) is 0 Å². The van der Waals surface area contributed by atoms with Crippen LogP contribution < -0.4 is 5.32 Å². The molecule has 0 aromatic carbocycles. The highest BCUT2D eigenvalue weighted by Crippen LogP contribution is 2.24. The van der Waals surface area contributed by atoms with Gasteiger partial charge in [0.1, 0.15) is 6.10 Å². The van der Waals surface area contributed by atoms with E-state index < -0.39 is 0 Å². The number of halogens is 1. The van der Waals surface area contributed by atoms with E-state index in [4.69, 9.17) is 4.74 Å². The van der Waals surface area contributed by atoms with Crippen LogP contribution in [0.25, 0.3) is 0 Å². The van der Waals surface area contributed by atoms with Gasteiger partial charge in [0, 0.05) is 13.1 Å². The molecule has 22 heavy (non-hydrogen) atoms. The number of hydrogen-bond donors (Lipinski definition) is 1. The first-order valence-corrected chi connectivity index (χ1v) is 8.83. The lowest BCUT2D eigenvalue weighted by atomic mass is 9.96. The average Bonchev–Trinajstić information content (AvgIpc) is 2.53. The van der Waals surface area contributed by atoms with E-state index in [1.165, 1.54) is 25.7 Å². The molecule has 1 aliphatic carbocycles. The van der Waals surface area contributed by atoms with Gasteiger partial charge in [-0.15, -0.1) is 12.4 Å². The third-order valence-electron chi connectivity index (χ3n) is 4.88. The van der Waals surface area contributed by atoms with Crippen LogP contribution in [0, 0.1) is 5.92 Å². The summed E-state index contributed by atoms with van der Waals surface area (Å²) in [5.41, 5.74) is 0. The highest BCUT2D eigenvalue weighted by Gasteiger charge is 2.30. The van der Waals surface area contributed by atoms with Crippen molar-refractivity contribution in [1.82, 2.24) is 10.2 Å². The minimum atomic E-state index is -0.221. The Hall–Kier alpha value is -0.320. The summed E-state index contributed by atoms with van der Waals surface area (Å²) in [7, 11) is 1.99. The Kier molecular flexibility index (Phi) is 9.37. The van der Waals surface area contributed by atoms with Gasteiger partial charge in [0.15, 0.2) is 0 Å². The van der Waals surface area contributed by atoms with Crippen molar-refractivity contribution >= 4 is 18.3 Å². The van der Waals surface area contributed by atoms with E-state index in [2.05, 4.69) is 12.2 Å². The Morgan fingerprint density at radius 3 is 2.59 bits per heavy atom. The number of carbonyl (C=O) groups is 1. The number of amides is 1. The van der Waals surface area contributed by atoms with Crippen molar-refractivity contribution in [1.29, 1.82) is 0 Å². The number of hydrogen-bond acceptors (Lipinski definition) is 3. The normalized spacial score (nSPS) is 24.6. The third kappa shape index (κ3) is 5.71. The molecule has 130 valence electrons. The van der Waals surface area contributed by atoms with Crippen LogP contribution in [0.15, 0.2) is 0 Å². The van der Waals surface area contributed by atoms with Crippen LogP contribution in [-0.4, -0.2) is 49.7 Å². The molecule has 1 saturated carbocycles. The first kappa shape index (κ1) is 19.7. The van der Waals surface area contributed by atoms with Crippen LogP contribution in [0.4, 0.5) is 0 Å². The fraction of sp³-hybridized carbons (Fsp3) is 0.941. The number of ether oxygens (including phenoxy) is 1. The fourth-order valence-corrected chi connectivity index (χ4v) is 3.69. The van der Waals surface area contributed by atoms with Crippen LogP contribution in [0.2, 0.25) is 0 Å². The Bertz CT molecular complexity index is 320. The lowest BCUT2D eigenvalue weighted by Gasteiger charge is -2.36. The SMILES string of the molecule is CCC(OC1CCCCC1)C(=O)N1CCCC(CNC)C1.Cl. The van der Waals surface area contributed by atoms with Crippen molar-refractivity contribution in [2.75, 3.05) is 26.7 Å². The van der Waals surface area contributed by atoms with Gasteiger partial charge in [-0.05, 0) is 51.6 Å². The molecular weight excluding hydrogens is 300 g/mol. The van der Waals surface area contributed by atoms with Crippen molar-refractivity contribution in [2.45, 2.75) is 70.5 Å². The molecule has 2 aliphatic rings. The number of nitrogens with zero attached hydrogens (tertiary/aromatic N) is 1. The average molecular weight is 333 g/mol. The maximum Gasteiger partial charge on any atom is 0.251 e. The van der Waals surface area contributed by atoms with Gasteiger partial charge in [0.2, 0.25) is 0 Å². The van der Waals surface area contributed by atoms with Gasteiger partial charge in [-0.1, -0.05) is 26.2 Å². The molecule has 0 radical (unpaired) electrons. The summed E-state index contributed by atoms with van der Waals surface area (Å²) in [4.78, 5) is 14.8. The molecule has 0 bridgehead atoms. The number of carbonyl (C=O) groups excluding carboxylic acids is 1. The van der Waals surface area contributed by atoms with Crippen LogP contribution >= 0.6 is 12.4 Å². The minimum absolute atomic E-state index is 0. The van der Waals surface area contributed by atoms with E-state index in [1.807, 2.05) is 11.9 Å². The van der Waals surface area contributed by atoms with Crippen LogP contribution in [-0.2, 0) is 9.53 Å². The number of nitrogens with one attached hydrogen (secondary N) is 1. The van der Waals surface area contributed by atoms with E-state index in [0.717, 1.165) is 45.3 Å². The minimum Gasteiger partial charge on any atom is -0.365 e. The first-order valence-electron chi connectivity index (χ1n) is 8.83. The van der Waals surface area contributed by atoms with Crippen LogP contribution in [0.1, 0.15) is 58.3 Å². The van der Waals surface area contributed by atoms with Gasteiger partial charge in [0.25, 0.3) is 5.91 Å². The molecule has 1 aliphatic heterocycles. The Morgan fingerprint density at radius 1 is 1.23 bits per heavy atom. The third-order valence-corrected chi connectivity index (χ3v) is 4.88. The van der Waals surface area contributed by atoms with E-state index in [0.29, 0.717) is 12.0 Å². The molecule has 0 aromatic heterocycles. The number of piperidine rings is 1. The molecule has 5 heteroatoms. The molecule has 2 rings (SSSR count). The van der Waals surface area contributed by atoms with Gasteiger partial charge in [-0.3, -0.25) is 4.79 Å². The summed E-state index contributed by atoms with van der Waals surface area (Å²) >= 11 is 0. The van der Waals surface area contributed by atoms with Crippen LogP contribution in [0.3, 0.4) is 0 Å². The summed E-state index contributed by atoms with van der Waals surface area (Å²) in [5.74, 6) is 0.823. The molecule has 2 fully saturated rings. The molecule has 0 spiro atoms. The van der Waals surface area contributed by atoms with Gasteiger partial charge < -0.3 is 15.0 Å². The standard InChI is InChI=1S/C17H32N2O2.ClH/c1-3-16(21-15-9-5-4-6-10-15)17(20)19-11-7-8-14(13-19)12-18-2;/h14-16,18H,3-13H2,1-2H3;1H. The maximum absolute atomic E-state index is 12.7. The molecule has 0 aromatic rings. The summed E-state index contributed by atoms with van der Waals surface area (Å²) in [6, 6.07) is 0. The molecule has 1 amide bonds. The predicted octanol–water partition coefficient (Wildman–Crippen LogP) is 2.99. The Balaban J connectivity index is 0.00000242. The second-order valence-electron chi connectivity index (χ2n) is 6.64. The maximum atomic E-state index is 12.7. The fourth-order valence-electron chi connectivity index (χ4n) is 3.69. The van der Waals surface area contributed by atoms with Gasteiger partial charge in [-0.25, -0.2) is 0 Å². The second-order valence-corrected chi connectivity index (χ2v) is 6.64. The van der Waals surface area contributed by atoms with Gasteiger partial charge >= 0.3 is 0 Å². The summed E-state index contributed by atoms with van der Waals surface area (Å²) in [6.45, 7) is 4.87. The largest absolute Gasteiger partial charge is 0.365 e. The second kappa shape index (κ2) is 10.5. The first-order chi connectivity index (χ1) is 10.2. The smallest absolute Gasteiger partial charge is 0.251 e. The van der Waals surface area contributed by atoms with Crippen molar-refractivity contribution in [3.63, 3.8) is 0 Å². The van der Waals surface area contributed by atoms with Crippen molar-refractivity contribution in [3.8, 4) is 0 Å². The molecule has 1 heterocycles. The monoisotopic (exact) mass is 332 g/mol. The molecule has 2 unspecified atom stereocenters. The van der Waals surface area contributed by atoms with Crippen LogP contribution in [0.5, 0.6) is 0 Å². The van der Waals surface area contributed by atoms with Crippen molar-refractivity contribution < 1.29 is 9.53 Å².